The predicted molar refractivity (Wildman–Crippen MR) is 116 cm³/mol. The fourth-order valence-electron chi connectivity index (χ4n) is 3.63. The summed E-state index contributed by atoms with van der Waals surface area (Å²) in [7, 11) is 0. The number of amides is 3. The molecule has 156 valence electrons. The standard InChI is InChI=1S/C23H24ClN3O3/c24-18-8-6-15(7-9-18)23(30)27-12-2-4-17(14-27)22(29)26-20-5-1-3-16(13-20)21(28)25-19-10-11-19/h1,3,5-9,13,17,19H,2,4,10-12,14H2,(H,25,28)(H,26,29)/t17-/m1/s1. The number of nitrogens with one attached hydrogen (secondary N) is 2. The van der Waals surface area contributed by atoms with E-state index < -0.39 is 0 Å². The van der Waals surface area contributed by atoms with Gasteiger partial charge >= 0.3 is 0 Å². The summed E-state index contributed by atoms with van der Waals surface area (Å²) in [4.78, 5) is 39.5. The summed E-state index contributed by atoms with van der Waals surface area (Å²) in [6.45, 7) is 0.997. The molecule has 4 rings (SSSR count). The first-order valence-corrected chi connectivity index (χ1v) is 10.6. The summed E-state index contributed by atoms with van der Waals surface area (Å²) in [5.74, 6) is -0.642. The highest BCUT2D eigenvalue weighted by Gasteiger charge is 2.29. The molecule has 2 aromatic rings. The Labute approximate surface area is 180 Å². The highest BCUT2D eigenvalue weighted by Crippen LogP contribution is 2.23. The van der Waals surface area contributed by atoms with Crippen molar-refractivity contribution in [2.24, 2.45) is 5.92 Å². The average Bonchev–Trinajstić information content (AvgIpc) is 3.58. The van der Waals surface area contributed by atoms with E-state index in [0.29, 0.717) is 34.9 Å². The Kier molecular flexibility index (Phi) is 6.04. The van der Waals surface area contributed by atoms with Gasteiger partial charge < -0.3 is 15.5 Å². The number of nitrogens with zero attached hydrogens (tertiary/aromatic N) is 1. The third kappa shape index (κ3) is 5.00. The topological polar surface area (TPSA) is 78.5 Å². The maximum Gasteiger partial charge on any atom is 0.253 e. The molecule has 2 N–H and O–H groups in total. The van der Waals surface area contributed by atoms with Gasteiger partial charge in [0.1, 0.15) is 0 Å². The zero-order valence-corrected chi connectivity index (χ0v) is 17.3. The quantitative estimate of drug-likeness (QED) is 0.766. The molecule has 0 radical (unpaired) electrons. The molecule has 1 aliphatic heterocycles. The SMILES string of the molecule is O=C(NC1CC1)c1cccc(NC(=O)[C@@H]2CCCN(C(=O)c3ccc(Cl)cc3)C2)c1. The Morgan fingerprint density at radius 1 is 0.967 bits per heavy atom. The van der Waals surface area contributed by atoms with Gasteiger partial charge in [0.15, 0.2) is 0 Å². The molecule has 1 heterocycles. The van der Waals surface area contributed by atoms with E-state index in [1.54, 1.807) is 53.4 Å². The second-order valence-corrected chi connectivity index (χ2v) is 8.35. The number of carbonyl (C=O) groups is 3. The van der Waals surface area contributed by atoms with E-state index in [-0.39, 0.29) is 29.7 Å². The second kappa shape index (κ2) is 8.88. The summed E-state index contributed by atoms with van der Waals surface area (Å²) in [5, 5.41) is 6.43. The minimum atomic E-state index is -0.293. The smallest absolute Gasteiger partial charge is 0.253 e. The number of carbonyl (C=O) groups excluding carboxylic acids is 3. The van der Waals surface area contributed by atoms with Crippen LogP contribution in [0.15, 0.2) is 48.5 Å². The first-order chi connectivity index (χ1) is 14.5. The van der Waals surface area contributed by atoms with Crippen molar-refractivity contribution < 1.29 is 14.4 Å². The van der Waals surface area contributed by atoms with Crippen molar-refractivity contribution in [2.45, 2.75) is 31.7 Å². The monoisotopic (exact) mass is 425 g/mol. The van der Waals surface area contributed by atoms with Gasteiger partial charge in [0, 0.05) is 41.0 Å². The molecule has 3 amide bonds. The number of likely N-dealkylation sites (tertiary alicyclic amines) is 1. The van der Waals surface area contributed by atoms with Crippen LogP contribution in [0, 0.1) is 5.92 Å². The van der Waals surface area contributed by atoms with Gasteiger partial charge in [-0.3, -0.25) is 14.4 Å². The van der Waals surface area contributed by atoms with E-state index >= 15 is 0 Å². The molecule has 1 aliphatic carbocycles. The third-order valence-electron chi connectivity index (χ3n) is 5.48. The van der Waals surface area contributed by atoms with E-state index in [9.17, 15) is 14.4 Å². The van der Waals surface area contributed by atoms with Gasteiger partial charge in [0.05, 0.1) is 5.92 Å². The summed E-state index contributed by atoms with van der Waals surface area (Å²) in [6, 6.07) is 14.0. The summed E-state index contributed by atoms with van der Waals surface area (Å²) in [6.07, 6.45) is 3.53. The first kappa shape index (κ1) is 20.4. The number of piperidine rings is 1. The lowest BCUT2D eigenvalue weighted by molar-refractivity contribution is -0.121. The van der Waals surface area contributed by atoms with Crippen LogP contribution >= 0.6 is 11.6 Å². The number of benzene rings is 2. The lowest BCUT2D eigenvalue weighted by atomic mass is 9.96. The fourth-order valence-corrected chi connectivity index (χ4v) is 3.76. The number of anilines is 1. The average molecular weight is 426 g/mol. The molecule has 0 unspecified atom stereocenters. The van der Waals surface area contributed by atoms with Crippen LogP contribution in [-0.4, -0.2) is 41.8 Å². The maximum absolute atomic E-state index is 12.8. The zero-order chi connectivity index (χ0) is 21.1. The van der Waals surface area contributed by atoms with Crippen molar-refractivity contribution in [2.75, 3.05) is 18.4 Å². The van der Waals surface area contributed by atoms with Crippen molar-refractivity contribution in [1.29, 1.82) is 0 Å². The maximum atomic E-state index is 12.8. The molecule has 2 aromatic carbocycles. The lowest BCUT2D eigenvalue weighted by Gasteiger charge is -2.32. The number of hydrogen-bond acceptors (Lipinski definition) is 3. The van der Waals surface area contributed by atoms with Crippen LogP contribution in [0.5, 0.6) is 0 Å². The van der Waals surface area contributed by atoms with E-state index in [2.05, 4.69) is 10.6 Å². The van der Waals surface area contributed by atoms with Gasteiger partial charge in [0.2, 0.25) is 5.91 Å². The Hall–Kier alpha value is -2.86. The van der Waals surface area contributed by atoms with E-state index in [0.717, 1.165) is 25.7 Å². The van der Waals surface area contributed by atoms with Gasteiger partial charge in [-0.15, -0.1) is 0 Å². The van der Waals surface area contributed by atoms with E-state index in [1.807, 2.05) is 0 Å². The van der Waals surface area contributed by atoms with Crippen LogP contribution in [0.4, 0.5) is 5.69 Å². The molecule has 7 heteroatoms. The number of rotatable bonds is 5. The van der Waals surface area contributed by atoms with Crippen LogP contribution in [0.3, 0.4) is 0 Å². The summed E-state index contributed by atoms with van der Waals surface area (Å²) < 4.78 is 0. The van der Waals surface area contributed by atoms with Crippen LogP contribution in [0.1, 0.15) is 46.4 Å². The van der Waals surface area contributed by atoms with Crippen LogP contribution < -0.4 is 10.6 Å². The van der Waals surface area contributed by atoms with Crippen molar-refractivity contribution in [3.05, 3.63) is 64.7 Å². The Morgan fingerprint density at radius 2 is 1.73 bits per heavy atom. The van der Waals surface area contributed by atoms with Crippen LogP contribution in [-0.2, 0) is 4.79 Å². The molecular weight excluding hydrogens is 402 g/mol. The Morgan fingerprint density at radius 3 is 2.47 bits per heavy atom. The van der Waals surface area contributed by atoms with Crippen molar-refractivity contribution in [1.82, 2.24) is 10.2 Å². The minimum Gasteiger partial charge on any atom is -0.349 e. The molecule has 30 heavy (non-hydrogen) atoms. The molecular formula is C23H24ClN3O3. The molecule has 1 saturated carbocycles. The molecule has 0 spiro atoms. The van der Waals surface area contributed by atoms with E-state index in [1.165, 1.54) is 0 Å². The first-order valence-electron chi connectivity index (χ1n) is 10.3. The van der Waals surface area contributed by atoms with Crippen molar-refractivity contribution in [3.8, 4) is 0 Å². The fraction of sp³-hybridized carbons (Fsp3) is 0.348. The second-order valence-electron chi connectivity index (χ2n) is 7.92. The Balaban J connectivity index is 1.38. The van der Waals surface area contributed by atoms with Gasteiger partial charge in [-0.25, -0.2) is 0 Å². The molecule has 6 nitrogen and oxygen atoms in total. The minimum absolute atomic E-state index is 0.0945. The van der Waals surface area contributed by atoms with Gasteiger partial charge in [-0.2, -0.15) is 0 Å². The van der Waals surface area contributed by atoms with Crippen molar-refractivity contribution in [3.63, 3.8) is 0 Å². The largest absolute Gasteiger partial charge is 0.349 e. The Bertz CT molecular complexity index is 956. The summed E-state index contributed by atoms with van der Waals surface area (Å²) >= 11 is 5.90. The molecule has 1 atom stereocenters. The van der Waals surface area contributed by atoms with Gasteiger partial charge in [-0.1, -0.05) is 17.7 Å². The number of hydrogen-bond donors (Lipinski definition) is 2. The summed E-state index contributed by atoms with van der Waals surface area (Å²) in [5.41, 5.74) is 1.68. The molecule has 0 aromatic heterocycles. The zero-order valence-electron chi connectivity index (χ0n) is 16.6. The normalized spacial score (nSPS) is 18.6. The van der Waals surface area contributed by atoms with Crippen LogP contribution in [0.2, 0.25) is 5.02 Å². The third-order valence-corrected chi connectivity index (χ3v) is 5.73. The number of halogens is 1. The van der Waals surface area contributed by atoms with Gasteiger partial charge in [0.25, 0.3) is 11.8 Å². The predicted octanol–water partition coefficient (Wildman–Crippen LogP) is 3.72. The lowest BCUT2D eigenvalue weighted by Crippen LogP contribution is -2.43. The molecule has 2 fully saturated rings. The molecule has 1 saturated heterocycles. The highest BCUT2D eigenvalue weighted by atomic mass is 35.5. The van der Waals surface area contributed by atoms with Gasteiger partial charge in [-0.05, 0) is 68.1 Å². The highest BCUT2D eigenvalue weighted by molar-refractivity contribution is 6.30. The molecule has 2 aliphatic rings. The molecule has 0 bridgehead atoms. The van der Waals surface area contributed by atoms with E-state index in [4.69, 9.17) is 11.6 Å². The van der Waals surface area contributed by atoms with Crippen LogP contribution in [0.25, 0.3) is 0 Å². The van der Waals surface area contributed by atoms with Crippen molar-refractivity contribution >= 4 is 35.0 Å².